The molecule has 23 heavy (non-hydrogen) atoms. The van der Waals surface area contributed by atoms with Gasteiger partial charge in [0.1, 0.15) is 0 Å². The highest BCUT2D eigenvalue weighted by atomic mass is 35.5. The molecule has 0 saturated carbocycles. The summed E-state index contributed by atoms with van der Waals surface area (Å²) >= 11 is 5.82. The third kappa shape index (κ3) is 8.34. The number of unbranched alkanes of at least 4 members (excludes halogenated alkanes) is 2. The molecule has 1 N–H and O–H groups in total. The van der Waals surface area contributed by atoms with E-state index in [1.807, 2.05) is 19.1 Å². The first-order valence-electron chi connectivity index (χ1n) is 7.79. The van der Waals surface area contributed by atoms with Gasteiger partial charge in [-0.25, -0.2) is 8.42 Å². The van der Waals surface area contributed by atoms with Crippen LogP contribution < -0.4 is 5.32 Å². The lowest BCUT2D eigenvalue weighted by molar-refractivity contribution is -0.121. The molecule has 0 aliphatic heterocycles. The fourth-order valence-corrected chi connectivity index (χ4v) is 3.05. The van der Waals surface area contributed by atoms with Crippen molar-refractivity contribution in [2.45, 2.75) is 32.6 Å². The number of hydrogen-bond acceptors (Lipinski definition) is 3. The Morgan fingerprint density at radius 1 is 1.22 bits per heavy atom. The van der Waals surface area contributed by atoms with Gasteiger partial charge in [0, 0.05) is 18.1 Å². The average molecular weight is 361 g/mol. The molecule has 0 radical (unpaired) electrons. The first kappa shape index (κ1) is 19.9. The maximum atomic E-state index is 11.9. The van der Waals surface area contributed by atoms with Crippen LogP contribution in [0.3, 0.4) is 0 Å². The van der Waals surface area contributed by atoms with Crippen LogP contribution >= 0.6 is 11.6 Å². The van der Waals surface area contributed by atoms with Crippen LogP contribution in [0.15, 0.2) is 24.3 Å². The number of carbonyl (C=O) groups is 1. The molecular weight excluding hydrogens is 336 g/mol. The van der Waals surface area contributed by atoms with Gasteiger partial charge in [0.25, 0.3) is 0 Å². The van der Waals surface area contributed by atoms with E-state index in [0.29, 0.717) is 24.5 Å². The zero-order chi connectivity index (χ0) is 17.3. The van der Waals surface area contributed by atoms with E-state index in [-0.39, 0.29) is 12.5 Å². The minimum atomic E-state index is -3.36. The summed E-state index contributed by atoms with van der Waals surface area (Å²) in [6.07, 6.45) is 4.54. The largest absolute Gasteiger partial charge is 0.355 e. The molecule has 0 unspecified atom stereocenters. The van der Waals surface area contributed by atoms with E-state index in [9.17, 15) is 13.2 Å². The number of amides is 1. The van der Waals surface area contributed by atoms with Crippen molar-refractivity contribution < 1.29 is 13.2 Å². The summed E-state index contributed by atoms with van der Waals surface area (Å²) < 4.78 is 24.7. The second kappa shape index (κ2) is 9.90. The normalized spacial score (nSPS) is 11.7. The molecule has 130 valence electrons. The Balaban J connectivity index is 2.41. The van der Waals surface area contributed by atoms with Gasteiger partial charge in [0.2, 0.25) is 15.9 Å². The Labute approximate surface area is 144 Å². The maximum Gasteiger partial charge on any atom is 0.235 e. The SMILES string of the molecule is CCCCCN(CC(=O)NCCc1ccc(Cl)cc1)S(C)(=O)=O. The molecule has 1 amide bonds. The summed E-state index contributed by atoms with van der Waals surface area (Å²) in [5.41, 5.74) is 1.07. The molecule has 1 aromatic carbocycles. The molecule has 0 atom stereocenters. The number of nitrogens with zero attached hydrogens (tertiary/aromatic N) is 1. The number of nitrogens with one attached hydrogen (secondary N) is 1. The molecule has 0 aromatic heterocycles. The Kier molecular flexibility index (Phi) is 8.58. The molecule has 0 bridgehead atoms. The van der Waals surface area contributed by atoms with Gasteiger partial charge >= 0.3 is 0 Å². The van der Waals surface area contributed by atoms with Crippen LogP contribution in [-0.4, -0.2) is 44.5 Å². The van der Waals surface area contributed by atoms with Gasteiger partial charge in [-0.1, -0.05) is 43.5 Å². The second-order valence-corrected chi connectivity index (χ2v) is 7.95. The quantitative estimate of drug-likeness (QED) is 0.652. The molecule has 0 saturated heterocycles. The minimum absolute atomic E-state index is 0.122. The Morgan fingerprint density at radius 3 is 2.43 bits per heavy atom. The van der Waals surface area contributed by atoms with Crippen LogP contribution in [0.1, 0.15) is 31.7 Å². The number of hydrogen-bond donors (Lipinski definition) is 1. The molecule has 0 fully saturated rings. The van der Waals surface area contributed by atoms with Crippen molar-refractivity contribution in [1.29, 1.82) is 0 Å². The van der Waals surface area contributed by atoms with Crippen molar-refractivity contribution in [2.75, 3.05) is 25.9 Å². The van der Waals surface area contributed by atoms with E-state index in [1.165, 1.54) is 4.31 Å². The molecule has 7 heteroatoms. The zero-order valence-electron chi connectivity index (χ0n) is 13.7. The van der Waals surface area contributed by atoms with Crippen molar-refractivity contribution in [3.8, 4) is 0 Å². The fraction of sp³-hybridized carbons (Fsp3) is 0.562. The third-order valence-electron chi connectivity index (χ3n) is 3.45. The highest BCUT2D eigenvalue weighted by Crippen LogP contribution is 2.09. The van der Waals surface area contributed by atoms with Crippen molar-refractivity contribution in [3.05, 3.63) is 34.9 Å². The first-order chi connectivity index (χ1) is 10.8. The second-order valence-electron chi connectivity index (χ2n) is 5.53. The summed E-state index contributed by atoms with van der Waals surface area (Å²) in [5.74, 6) is -0.277. The molecule has 0 spiro atoms. The van der Waals surface area contributed by atoms with E-state index in [2.05, 4.69) is 5.32 Å². The summed E-state index contributed by atoms with van der Waals surface area (Å²) in [6, 6.07) is 7.42. The van der Waals surface area contributed by atoms with Crippen molar-refractivity contribution in [3.63, 3.8) is 0 Å². The number of benzene rings is 1. The molecule has 1 aromatic rings. The van der Waals surface area contributed by atoms with Gasteiger partial charge in [-0.3, -0.25) is 4.79 Å². The van der Waals surface area contributed by atoms with Crippen molar-refractivity contribution >= 4 is 27.5 Å². The molecule has 0 aliphatic rings. The van der Waals surface area contributed by atoms with Crippen LogP contribution in [0.4, 0.5) is 0 Å². The smallest absolute Gasteiger partial charge is 0.235 e. The van der Waals surface area contributed by atoms with Gasteiger partial charge in [0.15, 0.2) is 0 Å². The summed E-state index contributed by atoms with van der Waals surface area (Å²) in [6.45, 7) is 2.78. The minimum Gasteiger partial charge on any atom is -0.355 e. The van der Waals surface area contributed by atoms with Gasteiger partial charge in [-0.15, -0.1) is 0 Å². The average Bonchev–Trinajstić information content (AvgIpc) is 2.47. The van der Waals surface area contributed by atoms with Crippen molar-refractivity contribution in [1.82, 2.24) is 9.62 Å². The number of carbonyl (C=O) groups excluding carboxylic acids is 1. The monoisotopic (exact) mass is 360 g/mol. The Hall–Kier alpha value is -1.11. The lowest BCUT2D eigenvalue weighted by Gasteiger charge is -2.19. The van der Waals surface area contributed by atoms with E-state index in [0.717, 1.165) is 31.1 Å². The van der Waals surface area contributed by atoms with E-state index < -0.39 is 10.0 Å². The van der Waals surface area contributed by atoms with E-state index in [4.69, 9.17) is 11.6 Å². The summed E-state index contributed by atoms with van der Waals surface area (Å²) in [7, 11) is -3.36. The predicted molar refractivity (Wildman–Crippen MR) is 94.1 cm³/mol. The topological polar surface area (TPSA) is 66.5 Å². The van der Waals surface area contributed by atoms with E-state index >= 15 is 0 Å². The Bertz CT molecular complexity index is 588. The number of sulfonamides is 1. The summed E-state index contributed by atoms with van der Waals surface area (Å²) in [4.78, 5) is 11.9. The van der Waals surface area contributed by atoms with Crippen LogP contribution in [-0.2, 0) is 21.2 Å². The highest BCUT2D eigenvalue weighted by Gasteiger charge is 2.19. The van der Waals surface area contributed by atoms with Crippen LogP contribution in [0.25, 0.3) is 0 Å². The van der Waals surface area contributed by atoms with Gasteiger partial charge in [0.05, 0.1) is 12.8 Å². The molecule has 0 aliphatic carbocycles. The predicted octanol–water partition coefficient (Wildman–Crippen LogP) is 2.45. The molecule has 0 heterocycles. The lowest BCUT2D eigenvalue weighted by atomic mass is 10.1. The number of halogens is 1. The van der Waals surface area contributed by atoms with Gasteiger partial charge in [-0.05, 0) is 30.5 Å². The number of rotatable bonds is 10. The fourth-order valence-electron chi connectivity index (χ4n) is 2.11. The van der Waals surface area contributed by atoms with Gasteiger partial charge in [-0.2, -0.15) is 4.31 Å². The molecule has 1 rings (SSSR count). The Morgan fingerprint density at radius 2 is 1.87 bits per heavy atom. The molecular formula is C16H25ClN2O3S. The zero-order valence-corrected chi connectivity index (χ0v) is 15.3. The van der Waals surface area contributed by atoms with Crippen LogP contribution in [0, 0.1) is 0 Å². The van der Waals surface area contributed by atoms with Crippen molar-refractivity contribution in [2.24, 2.45) is 0 Å². The third-order valence-corrected chi connectivity index (χ3v) is 4.95. The van der Waals surface area contributed by atoms with Crippen LogP contribution in [0.2, 0.25) is 5.02 Å². The van der Waals surface area contributed by atoms with Gasteiger partial charge < -0.3 is 5.32 Å². The standard InChI is InChI=1S/C16H25ClN2O3S/c1-3-4-5-12-19(23(2,21)22)13-16(20)18-11-10-14-6-8-15(17)9-7-14/h6-9H,3-5,10-13H2,1-2H3,(H,18,20). The van der Waals surface area contributed by atoms with E-state index in [1.54, 1.807) is 12.1 Å². The lowest BCUT2D eigenvalue weighted by Crippen LogP contribution is -2.41. The first-order valence-corrected chi connectivity index (χ1v) is 10.0. The molecule has 5 nitrogen and oxygen atoms in total. The van der Waals surface area contributed by atoms with Crippen LogP contribution in [0.5, 0.6) is 0 Å². The maximum absolute atomic E-state index is 11.9. The summed E-state index contributed by atoms with van der Waals surface area (Å²) in [5, 5.41) is 3.44. The highest BCUT2D eigenvalue weighted by molar-refractivity contribution is 7.88.